The number of rotatable bonds is 5. The molecule has 138 valence electrons. The van der Waals surface area contributed by atoms with E-state index in [2.05, 4.69) is 18.3 Å². The van der Waals surface area contributed by atoms with E-state index in [1.165, 1.54) is 12.7 Å². The lowest BCUT2D eigenvalue weighted by Crippen LogP contribution is -2.23. The SMILES string of the molecule is CCc1cc(C(Nc2ccc(C#N)cc2)C(=O)OC)cc2c1COC=C2C. The summed E-state index contributed by atoms with van der Waals surface area (Å²) in [6.45, 7) is 4.64. The molecule has 1 atom stereocenters. The Kier molecular flexibility index (Phi) is 5.46. The molecule has 1 aliphatic rings. The van der Waals surface area contributed by atoms with Crippen LogP contribution in [0.15, 0.2) is 42.7 Å². The normalized spacial score (nSPS) is 13.5. The summed E-state index contributed by atoms with van der Waals surface area (Å²) < 4.78 is 10.6. The Labute approximate surface area is 159 Å². The highest BCUT2D eigenvalue weighted by molar-refractivity contribution is 5.82. The van der Waals surface area contributed by atoms with Crippen molar-refractivity contribution >= 4 is 17.2 Å². The molecule has 0 aromatic heterocycles. The molecule has 3 rings (SSSR count). The molecule has 2 aromatic rings. The molecule has 2 aromatic carbocycles. The first kappa shape index (κ1) is 18.5. The van der Waals surface area contributed by atoms with Gasteiger partial charge in [-0.3, -0.25) is 0 Å². The van der Waals surface area contributed by atoms with Gasteiger partial charge in [0.15, 0.2) is 6.04 Å². The number of nitriles is 1. The van der Waals surface area contributed by atoms with Gasteiger partial charge >= 0.3 is 5.97 Å². The number of carbonyl (C=O) groups is 1. The van der Waals surface area contributed by atoms with Crippen LogP contribution in [0.4, 0.5) is 5.69 Å². The first-order chi connectivity index (χ1) is 13.1. The fraction of sp³-hybridized carbons (Fsp3) is 0.273. The van der Waals surface area contributed by atoms with Crippen LogP contribution in [0.5, 0.6) is 0 Å². The van der Waals surface area contributed by atoms with Gasteiger partial charge in [0.2, 0.25) is 0 Å². The largest absolute Gasteiger partial charge is 0.496 e. The zero-order valence-electron chi connectivity index (χ0n) is 15.7. The van der Waals surface area contributed by atoms with Crippen molar-refractivity contribution < 1.29 is 14.3 Å². The lowest BCUT2D eigenvalue weighted by molar-refractivity contribution is -0.141. The molecule has 1 heterocycles. The third kappa shape index (κ3) is 3.80. The van der Waals surface area contributed by atoms with E-state index >= 15 is 0 Å². The molecule has 5 nitrogen and oxygen atoms in total. The molecule has 0 bridgehead atoms. The summed E-state index contributed by atoms with van der Waals surface area (Å²) in [4.78, 5) is 12.5. The molecule has 0 aliphatic carbocycles. The van der Waals surface area contributed by atoms with Crippen LogP contribution in [0.25, 0.3) is 5.57 Å². The van der Waals surface area contributed by atoms with Crippen molar-refractivity contribution in [1.82, 2.24) is 0 Å². The molecule has 27 heavy (non-hydrogen) atoms. The van der Waals surface area contributed by atoms with E-state index in [-0.39, 0.29) is 5.97 Å². The number of methoxy groups -OCH3 is 1. The lowest BCUT2D eigenvalue weighted by atomic mass is 9.89. The minimum absolute atomic E-state index is 0.366. The van der Waals surface area contributed by atoms with Gasteiger partial charge in [-0.05, 0) is 65.9 Å². The van der Waals surface area contributed by atoms with Crippen molar-refractivity contribution in [3.8, 4) is 6.07 Å². The highest BCUT2D eigenvalue weighted by Gasteiger charge is 2.25. The predicted molar refractivity (Wildman–Crippen MR) is 104 cm³/mol. The van der Waals surface area contributed by atoms with Crippen molar-refractivity contribution in [2.75, 3.05) is 12.4 Å². The molecule has 0 saturated carbocycles. The van der Waals surface area contributed by atoms with Gasteiger partial charge in [0.25, 0.3) is 0 Å². The summed E-state index contributed by atoms with van der Waals surface area (Å²) in [7, 11) is 1.38. The van der Waals surface area contributed by atoms with Gasteiger partial charge in [0, 0.05) is 11.3 Å². The number of hydrogen-bond acceptors (Lipinski definition) is 5. The van der Waals surface area contributed by atoms with Gasteiger partial charge in [0.05, 0.1) is 25.0 Å². The maximum absolute atomic E-state index is 12.5. The Balaban J connectivity index is 2.02. The summed E-state index contributed by atoms with van der Waals surface area (Å²) in [6, 6.07) is 12.5. The average molecular weight is 362 g/mol. The Hall–Kier alpha value is -3.26. The third-order valence-electron chi connectivity index (χ3n) is 4.75. The van der Waals surface area contributed by atoms with Gasteiger partial charge in [-0.2, -0.15) is 5.26 Å². The fourth-order valence-electron chi connectivity index (χ4n) is 3.28. The molecular weight excluding hydrogens is 340 g/mol. The second-order valence-corrected chi connectivity index (χ2v) is 6.46. The number of fused-ring (bicyclic) bond motifs is 1. The summed E-state index contributed by atoms with van der Waals surface area (Å²) >= 11 is 0. The molecule has 1 N–H and O–H groups in total. The lowest BCUT2D eigenvalue weighted by Gasteiger charge is -2.24. The van der Waals surface area contributed by atoms with Crippen LogP contribution in [0.3, 0.4) is 0 Å². The van der Waals surface area contributed by atoms with E-state index in [1.807, 2.05) is 19.1 Å². The maximum atomic E-state index is 12.5. The number of esters is 1. The Bertz CT molecular complexity index is 924. The third-order valence-corrected chi connectivity index (χ3v) is 4.75. The van der Waals surface area contributed by atoms with Crippen LogP contribution >= 0.6 is 0 Å². The minimum atomic E-state index is -0.644. The van der Waals surface area contributed by atoms with Crippen LogP contribution in [0.2, 0.25) is 0 Å². The number of hydrogen-bond donors (Lipinski definition) is 1. The molecular formula is C22H22N2O3. The zero-order valence-corrected chi connectivity index (χ0v) is 15.7. The van der Waals surface area contributed by atoms with Gasteiger partial charge in [0.1, 0.15) is 6.61 Å². The summed E-state index contributed by atoms with van der Waals surface area (Å²) in [5.41, 5.74) is 6.62. The van der Waals surface area contributed by atoms with Crippen molar-refractivity contribution in [2.24, 2.45) is 0 Å². The van der Waals surface area contributed by atoms with Crippen LogP contribution in [0, 0.1) is 11.3 Å². The monoisotopic (exact) mass is 362 g/mol. The molecule has 1 aliphatic heterocycles. The van der Waals surface area contributed by atoms with Crippen molar-refractivity contribution in [1.29, 1.82) is 5.26 Å². The van der Waals surface area contributed by atoms with Crippen LogP contribution in [-0.4, -0.2) is 13.1 Å². The number of nitrogens with zero attached hydrogens (tertiary/aromatic N) is 1. The number of benzene rings is 2. The van der Waals surface area contributed by atoms with Crippen LogP contribution in [0.1, 0.15) is 47.7 Å². The topological polar surface area (TPSA) is 71.4 Å². The van der Waals surface area contributed by atoms with Crippen LogP contribution in [-0.2, 0) is 27.3 Å². The number of aryl methyl sites for hydroxylation is 1. The van der Waals surface area contributed by atoms with Gasteiger partial charge in [-0.25, -0.2) is 4.79 Å². The summed E-state index contributed by atoms with van der Waals surface area (Å²) in [5, 5.41) is 12.2. The van der Waals surface area contributed by atoms with Gasteiger partial charge in [-0.15, -0.1) is 0 Å². The Morgan fingerprint density at radius 1 is 1.33 bits per heavy atom. The first-order valence-electron chi connectivity index (χ1n) is 8.86. The Morgan fingerprint density at radius 2 is 2.07 bits per heavy atom. The van der Waals surface area contributed by atoms with E-state index < -0.39 is 6.04 Å². The number of ether oxygens (including phenoxy) is 2. The molecule has 1 unspecified atom stereocenters. The maximum Gasteiger partial charge on any atom is 0.332 e. The van der Waals surface area contributed by atoms with E-state index in [1.54, 1.807) is 30.5 Å². The predicted octanol–water partition coefficient (Wildman–Crippen LogP) is 4.34. The molecule has 0 fully saturated rings. The highest BCUT2D eigenvalue weighted by atomic mass is 16.5. The number of allylic oxidation sites excluding steroid dienone is 1. The number of anilines is 1. The number of carbonyl (C=O) groups excluding carboxylic acids is 1. The number of nitrogens with one attached hydrogen (secondary N) is 1. The van der Waals surface area contributed by atoms with Gasteiger partial charge < -0.3 is 14.8 Å². The summed E-state index contributed by atoms with van der Waals surface area (Å²) in [5.74, 6) is -0.366. The van der Waals surface area contributed by atoms with Gasteiger partial charge in [-0.1, -0.05) is 13.0 Å². The molecule has 5 heteroatoms. The second kappa shape index (κ2) is 7.96. The molecule has 0 saturated heterocycles. The van der Waals surface area contributed by atoms with E-state index in [9.17, 15) is 4.79 Å². The van der Waals surface area contributed by atoms with Crippen molar-refractivity contribution in [3.05, 3.63) is 70.5 Å². The van der Waals surface area contributed by atoms with E-state index in [4.69, 9.17) is 14.7 Å². The summed E-state index contributed by atoms with van der Waals surface area (Å²) in [6.07, 6.45) is 2.60. The standard InChI is InChI=1S/C22H22N2O3/c1-4-16-9-17(10-19-14(2)12-27-13-20(16)19)21(22(25)26-3)24-18-7-5-15(11-23)6-8-18/h5-10,12,21,24H,4,13H2,1-3H3. The van der Waals surface area contributed by atoms with Crippen molar-refractivity contribution in [2.45, 2.75) is 32.9 Å². The first-order valence-corrected chi connectivity index (χ1v) is 8.86. The molecule has 0 spiro atoms. The smallest absolute Gasteiger partial charge is 0.332 e. The average Bonchev–Trinajstić information content (AvgIpc) is 2.71. The fourth-order valence-corrected chi connectivity index (χ4v) is 3.28. The van der Waals surface area contributed by atoms with Crippen molar-refractivity contribution in [3.63, 3.8) is 0 Å². The zero-order chi connectivity index (χ0) is 19.4. The molecule has 0 radical (unpaired) electrons. The Morgan fingerprint density at radius 3 is 2.70 bits per heavy atom. The quantitative estimate of drug-likeness (QED) is 0.801. The van der Waals surface area contributed by atoms with Crippen LogP contribution < -0.4 is 5.32 Å². The highest BCUT2D eigenvalue weighted by Crippen LogP contribution is 2.32. The van der Waals surface area contributed by atoms with E-state index in [0.29, 0.717) is 12.2 Å². The minimum Gasteiger partial charge on any atom is -0.496 e. The van der Waals surface area contributed by atoms with E-state index in [0.717, 1.165) is 34.4 Å². The molecule has 0 amide bonds. The second-order valence-electron chi connectivity index (χ2n) is 6.46.